The number of hydrogen-bond acceptors (Lipinski definition) is 2. The fourth-order valence-corrected chi connectivity index (χ4v) is 1.72. The zero-order valence-corrected chi connectivity index (χ0v) is 9.24. The van der Waals surface area contributed by atoms with E-state index in [9.17, 15) is 13.2 Å². The third-order valence-electron chi connectivity index (χ3n) is 2.50. The molecule has 0 amide bonds. The van der Waals surface area contributed by atoms with Crippen molar-refractivity contribution in [2.45, 2.75) is 12.9 Å². The molecule has 0 aliphatic rings. The Morgan fingerprint density at radius 2 is 2.06 bits per heavy atom. The number of benzene rings is 1. The average Bonchev–Trinajstić information content (AvgIpc) is 2.70. The van der Waals surface area contributed by atoms with Crippen LogP contribution >= 0.6 is 0 Å². The summed E-state index contributed by atoms with van der Waals surface area (Å²) in [7, 11) is 0. The van der Waals surface area contributed by atoms with Gasteiger partial charge in [0.2, 0.25) is 0 Å². The number of fused-ring (bicyclic) bond motifs is 1. The molecule has 3 nitrogen and oxygen atoms in total. The van der Waals surface area contributed by atoms with Crippen LogP contribution in [-0.2, 0) is 11.3 Å². The van der Waals surface area contributed by atoms with Crippen molar-refractivity contribution in [3.05, 3.63) is 36.0 Å². The third kappa shape index (κ3) is 2.81. The van der Waals surface area contributed by atoms with E-state index in [4.69, 9.17) is 5.26 Å². The Hall–Kier alpha value is -2.00. The first-order chi connectivity index (χ1) is 8.49. The SMILES string of the molecule is N#Cc1ccc2c(ccn2CCOC(F)(F)F)c1. The van der Waals surface area contributed by atoms with Crippen molar-refractivity contribution in [2.75, 3.05) is 6.61 Å². The molecule has 0 bridgehead atoms. The second kappa shape index (κ2) is 4.70. The quantitative estimate of drug-likeness (QED) is 0.844. The molecule has 1 aromatic heterocycles. The Labute approximate surface area is 101 Å². The predicted molar refractivity (Wildman–Crippen MR) is 58.7 cm³/mol. The smallest absolute Gasteiger partial charge is 0.345 e. The van der Waals surface area contributed by atoms with E-state index >= 15 is 0 Å². The second-order valence-electron chi connectivity index (χ2n) is 3.69. The van der Waals surface area contributed by atoms with Gasteiger partial charge in [-0.15, -0.1) is 13.2 Å². The van der Waals surface area contributed by atoms with E-state index in [0.717, 1.165) is 10.9 Å². The van der Waals surface area contributed by atoms with Gasteiger partial charge in [-0.05, 0) is 24.3 Å². The summed E-state index contributed by atoms with van der Waals surface area (Å²) in [6.07, 6.45) is -2.93. The van der Waals surface area contributed by atoms with Crippen molar-refractivity contribution in [3.8, 4) is 6.07 Å². The van der Waals surface area contributed by atoms with Crippen molar-refractivity contribution in [2.24, 2.45) is 0 Å². The molecule has 0 N–H and O–H groups in total. The minimum absolute atomic E-state index is 0.106. The highest BCUT2D eigenvalue weighted by molar-refractivity contribution is 5.81. The highest BCUT2D eigenvalue weighted by Gasteiger charge is 2.28. The van der Waals surface area contributed by atoms with Gasteiger partial charge in [-0.2, -0.15) is 5.26 Å². The lowest BCUT2D eigenvalue weighted by Gasteiger charge is -2.08. The van der Waals surface area contributed by atoms with Crippen molar-refractivity contribution in [1.29, 1.82) is 5.26 Å². The fraction of sp³-hybridized carbons (Fsp3) is 0.250. The Morgan fingerprint density at radius 3 is 2.72 bits per heavy atom. The number of halogens is 3. The summed E-state index contributed by atoms with van der Waals surface area (Å²) in [5.41, 5.74) is 1.30. The predicted octanol–water partition coefficient (Wildman–Crippen LogP) is 3.05. The van der Waals surface area contributed by atoms with Gasteiger partial charge < -0.3 is 4.57 Å². The summed E-state index contributed by atoms with van der Waals surface area (Å²) in [6, 6.07) is 8.79. The zero-order chi connectivity index (χ0) is 13.2. The molecule has 6 heteroatoms. The summed E-state index contributed by atoms with van der Waals surface area (Å²) < 4.78 is 40.9. The maximum Gasteiger partial charge on any atom is 0.522 e. The number of alkyl halides is 3. The van der Waals surface area contributed by atoms with Crippen molar-refractivity contribution in [1.82, 2.24) is 4.57 Å². The number of ether oxygens (including phenoxy) is 1. The average molecular weight is 254 g/mol. The van der Waals surface area contributed by atoms with Gasteiger partial charge in [-0.1, -0.05) is 0 Å². The third-order valence-corrected chi connectivity index (χ3v) is 2.50. The normalized spacial score (nSPS) is 11.7. The molecule has 0 saturated heterocycles. The van der Waals surface area contributed by atoms with Crippen LogP contribution in [0.25, 0.3) is 10.9 Å². The van der Waals surface area contributed by atoms with E-state index in [2.05, 4.69) is 4.74 Å². The maximum absolute atomic E-state index is 11.8. The molecule has 2 aromatic rings. The standard InChI is InChI=1S/C12H9F3N2O/c13-12(14,15)18-6-5-17-4-3-10-7-9(8-16)1-2-11(10)17/h1-4,7H,5-6H2. The van der Waals surface area contributed by atoms with Crippen LogP contribution in [0.5, 0.6) is 0 Å². The van der Waals surface area contributed by atoms with Crippen LogP contribution in [0.15, 0.2) is 30.5 Å². The van der Waals surface area contributed by atoms with E-state index in [1.165, 1.54) is 0 Å². The van der Waals surface area contributed by atoms with Crippen molar-refractivity contribution >= 4 is 10.9 Å². The van der Waals surface area contributed by atoms with Gasteiger partial charge in [0, 0.05) is 23.6 Å². The van der Waals surface area contributed by atoms with Gasteiger partial charge in [0.1, 0.15) is 0 Å². The molecule has 18 heavy (non-hydrogen) atoms. The van der Waals surface area contributed by atoms with Gasteiger partial charge in [-0.3, -0.25) is 4.74 Å². The highest BCUT2D eigenvalue weighted by Crippen LogP contribution is 2.19. The van der Waals surface area contributed by atoms with Crippen LogP contribution in [0.3, 0.4) is 0 Å². The molecule has 0 fully saturated rings. The van der Waals surface area contributed by atoms with Gasteiger partial charge in [0.15, 0.2) is 0 Å². The molecule has 2 rings (SSSR count). The van der Waals surface area contributed by atoms with Gasteiger partial charge in [0.05, 0.1) is 18.2 Å². The van der Waals surface area contributed by atoms with Crippen LogP contribution in [0.4, 0.5) is 13.2 Å². The minimum Gasteiger partial charge on any atom is -0.345 e. The summed E-state index contributed by atoms with van der Waals surface area (Å²) in [5.74, 6) is 0. The topological polar surface area (TPSA) is 38.0 Å². The summed E-state index contributed by atoms with van der Waals surface area (Å²) in [4.78, 5) is 0. The first kappa shape index (κ1) is 12.5. The summed E-state index contributed by atoms with van der Waals surface area (Å²) in [5, 5.41) is 9.55. The van der Waals surface area contributed by atoms with E-state index in [-0.39, 0.29) is 6.54 Å². The number of nitriles is 1. The number of aromatic nitrogens is 1. The summed E-state index contributed by atoms with van der Waals surface area (Å²) >= 11 is 0. The van der Waals surface area contributed by atoms with Gasteiger partial charge in [0.25, 0.3) is 0 Å². The molecule has 0 atom stereocenters. The molecule has 0 aliphatic heterocycles. The molecular weight excluding hydrogens is 245 g/mol. The van der Waals surface area contributed by atoms with E-state index in [0.29, 0.717) is 5.56 Å². The van der Waals surface area contributed by atoms with Crippen molar-refractivity contribution in [3.63, 3.8) is 0 Å². The largest absolute Gasteiger partial charge is 0.522 e. The molecule has 0 saturated carbocycles. The number of hydrogen-bond donors (Lipinski definition) is 0. The lowest BCUT2D eigenvalue weighted by Crippen LogP contribution is -2.17. The lowest BCUT2D eigenvalue weighted by atomic mass is 10.2. The molecule has 0 spiro atoms. The molecule has 1 heterocycles. The molecule has 0 unspecified atom stereocenters. The Bertz CT molecular complexity index is 595. The molecule has 94 valence electrons. The molecule has 0 radical (unpaired) electrons. The minimum atomic E-state index is -4.60. The Kier molecular flexibility index (Phi) is 3.26. The highest BCUT2D eigenvalue weighted by atomic mass is 19.4. The van der Waals surface area contributed by atoms with Gasteiger partial charge >= 0.3 is 6.36 Å². The Balaban J connectivity index is 2.13. The van der Waals surface area contributed by atoms with Crippen LogP contribution in [0, 0.1) is 11.3 Å². The monoisotopic (exact) mass is 254 g/mol. The first-order valence-corrected chi connectivity index (χ1v) is 5.19. The number of nitrogens with zero attached hydrogens (tertiary/aromatic N) is 2. The molecular formula is C12H9F3N2O. The maximum atomic E-state index is 11.8. The van der Waals surface area contributed by atoms with E-state index in [1.54, 1.807) is 35.0 Å². The first-order valence-electron chi connectivity index (χ1n) is 5.19. The molecule has 1 aromatic carbocycles. The van der Waals surface area contributed by atoms with Gasteiger partial charge in [-0.25, -0.2) is 0 Å². The lowest BCUT2D eigenvalue weighted by molar-refractivity contribution is -0.325. The van der Waals surface area contributed by atoms with Crippen LogP contribution in [0.2, 0.25) is 0 Å². The van der Waals surface area contributed by atoms with Crippen molar-refractivity contribution < 1.29 is 17.9 Å². The second-order valence-corrected chi connectivity index (χ2v) is 3.69. The fourth-order valence-electron chi connectivity index (χ4n) is 1.72. The summed E-state index contributed by atoms with van der Waals surface area (Å²) in [6.45, 7) is -0.331. The molecule has 0 aliphatic carbocycles. The van der Waals surface area contributed by atoms with Crippen LogP contribution in [0.1, 0.15) is 5.56 Å². The van der Waals surface area contributed by atoms with Crippen LogP contribution in [-0.4, -0.2) is 17.5 Å². The van der Waals surface area contributed by atoms with E-state index < -0.39 is 13.0 Å². The Morgan fingerprint density at radius 1 is 1.28 bits per heavy atom. The van der Waals surface area contributed by atoms with E-state index in [1.807, 2.05) is 6.07 Å². The number of rotatable bonds is 3. The zero-order valence-electron chi connectivity index (χ0n) is 9.24. The van der Waals surface area contributed by atoms with Crippen LogP contribution < -0.4 is 0 Å².